The highest BCUT2D eigenvalue weighted by atomic mass is 14.7. The molecule has 0 rings (SSSR count). The maximum absolute atomic E-state index is 3.85. The molecule has 0 N–H and O–H groups in total. The summed E-state index contributed by atoms with van der Waals surface area (Å²) < 4.78 is 0. The Hall–Kier alpha value is -0.850. The van der Waals surface area contributed by atoms with E-state index in [1.54, 1.807) is 18.4 Å². The summed E-state index contributed by atoms with van der Waals surface area (Å²) in [6, 6.07) is 0. The van der Waals surface area contributed by atoms with Crippen LogP contribution < -0.4 is 0 Å². The summed E-state index contributed by atoms with van der Waals surface area (Å²) in [6.07, 6.45) is 5.03. The van der Waals surface area contributed by atoms with Gasteiger partial charge in [-0.15, -0.1) is 6.58 Å². The van der Waals surface area contributed by atoms with Crippen molar-refractivity contribution in [1.82, 2.24) is 0 Å². The average Bonchev–Trinajstić information content (AvgIpc) is 1.69. The second-order valence-corrected chi connectivity index (χ2v) is 1.04. The summed E-state index contributed by atoms with van der Waals surface area (Å²) in [4.78, 5) is 3.85. The molecule has 0 spiro atoms. The van der Waals surface area contributed by atoms with Gasteiger partial charge < -0.3 is 0 Å². The van der Waals surface area contributed by atoms with Crippen LogP contribution in [0.3, 0.4) is 0 Å². The monoisotopic (exact) mass is 95.1 g/mol. The highest BCUT2D eigenvalue weighted by Crippen LogP contribution is 1.66. The van der Waals surface area contributed by atoms with E-state index >= 15 is 0 Å². The van der Waals surface area contributed by atoms with E-state index in [-0.39, 0.29) is 0 Å². The van der Waals surface area contributed by atoms with Crippen molar-refractivity contribution in [1.29, 1.82) is 0 Å². The molecule has 0 aliphatic rings. The van der Waals surface area contributed by atoms with Crippen LogP contribution in [-0.4, -0.2) is 12.8 Å². The molecule has 0 unspecified atom stereocenters. The Labute approximate surface area is 44.1 Å². The topological polar surface area (TPSA) is 12.4 Å². The van der Waals surface area contributed by atoms with Gasteiger partial charge in [0.1, 0.15) is 0 Å². The van der Waals surface area contributed by atoms with Crippen molar-refractivity contribution in [3.05, 3.63) is 25.3 Å². The Morgan fingerprint density at radius 2 is 2.14 bits per heavy atom. The summed E-state index contributed by atoms with van der Waals surface area (Å²) in [7, 11) is 0. The lowest BCUT2D eigenvalue weighted by atomic mass is 10.6. The molecule has 7 heavy (non-hydrogen) atoms. The molecule has 1 nitrogen and oxygen atoms in total. The van der Waals surface area contributed by atoms with E-state index in [9.17, 15) is 0 Å². The lowest BCUT2D eigenvalue weighted by Gasteiger charge is -1.73. The van der Waals surface area contributed by atoms with E-state index in [2.05, 4.69) is 18.2 Å². The Balaban J connectivity index is 3.08. The maximum Gasteiger partial charge on any atom is 0.0567 e. The van der Waals surface area contributed by atoms with Crippen molar-refractivity contribution in [3.63, 3.8) is 0 Å². The Kier molecular flexibility index (Phi) is 4.52. The SMILES string of the molecule is C=C/C=N\CC=C. The largest absolute Gasteiger partial charge is 0.289 e. The minimum atomic E-state index is 0.687. The minimum absolute atomic E-state index is 0.687. The first-order valence-electron chi connectivity index (χ1n) is 2.13. The second kappa shape index (κ2) is 5.15. The number of rotatable bonds is 3. The molecular weight excluding hydrogens is 86.1 g/mol. The van der Waals surface area contributed by atoms with Gasteiger partial charge in [-0.25, -0.2) is 0 Å². The molecule has 38 valence electrons. The van der Waals surface area contributed by atoms with Gasteiger partial charge in [0.15, 0.2) is 0 Å². The first-order chi connectivity index (χ1) is 3.41. The Morgan fingerprint density at radius 3 is 2.57 bits per heavy atom. The molecule has 0 aromatic rings. The summed E-state index contributed by atoms with van der Waals surface area (Å²) in [5, 5.41) is 0. The lowest BCUT2D eigenvalue weighted by molar-refractivity contribution is 1.27. The third kappa shape index (κ3) is 5.15. The van der Waals surface area contributed by atoms with Crippen LogP contribution in [0.1, 0.15) is 0 Å². The van der Waals surface area contributed by atoms with Crippen LogP contribution in [0.5, 0.6) is 0 Å². The summed E-state index contributed by atoms with van der Waals surface area (Å²) >= 11 is 0. The molecule has 0 saturated heterocycles. The van der Waals surface area contributed by atoms with E-state index in [1.165, 1.54) is 0 Å². The van der Waals surface area contributed by atoms with Gasteiger partial charge in [-0.2, -0.15) is 0 Å². The van der Waals surface area contributed by atoms with Crippen LogP contribution in [0.15, 0.2) is 30.3 Å². The number of hydrogen-bond donors (Lipinski definition) is 0. The molecule has 0 saturated carbocycles. The second-order valence-electron chi connectivity index (χ2n) is 1.04. The van der Waals surface area contributed by atoms with E-state index in [1.807, 2.05) is 0 Å². The van der Waals surface area contributed by atoms with Crippen LogP contribution in [-0.2, 0) is 0 Å². The first kappa shape index (κ1) is 6.15. The molecule has 0 fully saturated rings. The van der Waals surface area contributed by atoms with E-state index in [0.29, 0.717) is 6.54 Å². The highest BCUT2D eigenvalue weighted by molar-refractivity contribution is 5.70. The zero-order valence-corrected chi connectivity index (χ0v) is 4.30. The first-order valence-corrected chi connectivity index (χ1v) is 2.13. The van der Waals surface area contributed by atoms with Crippen molar-refractivity contribution in [2.24, 2.45) is 4.99 Å². The van der Waals surface area contributed by atoms with Crippen molar-refractivity contribution in [3.8, 4) is 0 Å². The molecule has 0 atom stereocenters. The zero-order chi connectivity index (χ0) is 5.54. The van der Waals surface area contributed by atoms with Crippen molar-refractivity contribution in [2.75, 3.05) is 6.54 Å². The smallest absolute Gasteiger partial charge is 0.0567 e. The lowest BCUT2D eigenvalue weighted by Crippen LogP contribution is -1.68. The molecule has 0 amide bonds. The van der Waals surface area contributed by atoms with Crippen LogP contribution >= 0.6 is 0 Å². The van der Waals surface area contributed by atoms with Crippen LogP contribution in [0.2, 0.25) is 0 Å². The molecule has 0 radical (unpaired) electrons. The van der Waals surface area contributed by atoms with Crippen molar-refractivity contribution < 1.29 is 0 Å². The Bertz CT molecular complexity index is 82.2. The standard InChI is InChI=1S/C6H9N/c1-3-5-7-6-4-2/h3-5H,1-2,6H2/b7-5-. The van der Waals surface area contributed by atoms with Gasteiger partial charge in [0.25, 0.3) is 0 Å². The van der Waals surface area contributed by atoms with E-state index < -0.39 is 0 Å². The Morgan fingerprint density at radius 1 is 1.43 bits per heavy atom. The quantitative estimate of drug-likeness (QED) is 0.371. The zero-order valence-electron chi connectivity index (χ0n) is 4.30. The molecule has 1 heteroatoms. The molecular formula is C6H9N. The number of allylic oxidation sites excluding steroid dienone is 1. The van der Waals surface area contributed by atoms with Crippen molar-refractivity contribution >= 4 is 6.21 Å². The normalized spacial score (nSPS) is 9.14. The highest BCUT2D eigenvalue weighted by Gasteiger charge is 1.59. The fourth-order valence-electron chi connectivity index (χ4n) is 0.210. The van der Waals surface area contributed by atoms with Gasteiger partial charge >= 0.3 is 0 Å². The third-order valence-electron chi connectivity index (χ3n) is 0.445. The number of hydrogen-bond acceptors (Lipinski definition) is 1. The van der Waals surface area contributed by atoms with Gasteiger partial charge in [-0.3, -0.25) is 4.99 Å². The molecule has 0 aromatic heterocycles. The maximum atomic E-state index is 3.85. The fourth-order valence-corrected chi connectivity index (χ4v) is 0.210. The van der Waals surface area contributed by atoms with Crippen LogP contribution in [0.25, 0.3) is 0 Å². The van der Waals surface area contributed by atoms with Gasteiger partial charge in [-0.05, 0) is 0 Å². The molecule has 0 aliphatic heterocycles. The van der Waals surface area contributed by atoms with E-state index in [0.717, 1.165) is 0 Å². The predicted molar refractivity (Wildman–Crippen MR) is 33.8 cm³/mol. The van der Waals surface area contributed by atoms with E-state index in [4.69, 9.17) is 0 Å². The van der Waals surface area contributed by atoms with Gasteiger partial charge in [0.2, 0.25) is 0 Å². The molecule has 0 aromatic carbocycles. The molecule has 0 aliphatic carbocycles. The fraction of sp³-hybridized carbons (Fsp3) is 0.167. The number of nitrogens with zero attached hydrogens (tertiary/aromatic N) is 1. The van der Waals surface area contributed by atoms with Crippen LogP contribution in [0, 0.1) is 0 Å². The van der Waals surface area contributed by atoms with Gasteiger partial charge in [-0.1, -0.05) is 18.7 Å². The van der Waals surface area contributed by atoms with Crippen LogP contribution in [0.4, 0.5) is 0 Å². The summed E-state index contributed by atoms with van der Waals surface area (Å²) in [6.45, 7) is 7.62. The summed E-state index contributed by atoms with van der Waals surface area (Å²) in [5.41, 5.74) is 0. The average molecular weight is 95.1 g/mol. The van der Waals surface area contributed by atoms with Crippen molar-refractivity contribution in [2.45, 2.75) is 0 Å². The third-order valence-corrected chi connectivity index (χ3v) is 0.445. The molecule has 0 bridgehead atoms. The van der Waals surface area contributed by atoms with Gasteiger partial charge in [0.05, 0.1) is 6.54 Å². The molecule has 0 heterocycles. The predicted octanol–water partition coefficient (Wildman–Crippen LogP) is 1.43. The van der Waals surface area contributed by atoms with Gasteiger partial charge in [0, 0.05) is 6.21 Å². The number of aliphatic imine (C=N–C) groups is 1. The summed E-state index contributed by atoms with van der Waals surface area (Å²) in [5.74, 6) is 0. The minimum Gasteiger partial charge on any atom is -0.289 e.